The highest BCUT2D eigenvalue weighted by atomic mass is 16.2. The van der Waals surface area contributed by atoms with E-state index in [1.807, 2.05) is 54.0 Å². The van der Waals surface area contributed by atoms with Gasteiger partial charge in [-0.1, -0.05) is 13.8 Å². The number of amides is 1. The van der Waals surface area contributed by atoms with E-state index in [1.54, 1.807) is 0 Å². The SMILES string of the molecule is CCc1ncc2c(n1)CN(C(=O)[C@H](CC)n1cccc1)C2. The molecule has 0 unspecified atom stereocenters. The fourth-order valence-electron chi connectivity index (χ4n) is 2.80. The average Bonchev–Trinajstić information content (AvgIpc) is 3.16. The highest BCUT2D eigenvalue weighted by Gasteiger charge is 2.29. The number of aromatic nitrogens is 3. The van der Waals surface area contributed by atoms with Crippen LogP contribution >= 0.6 is 0 Å². The van der Waals surface area contributed by atoms with Gasteiger partial charge < -0.3 is 9.47 Å². The van der Waals surface area contributed by atoms with Gasteiger partial charge in [-0.2, -0.15) is 0 Å². The molecule has 1 atom stereocenters. The number of aryl methyl sites for hydroxylation is 1. The highest BCUT2D eigenvalue weighted by molar-refractivity contribution is 5.81. The van der Waals surface area contributed by atoms with Crippen molar-refractivity contribution in [3.8, 4) is 0 Å². The van der Waals surface area contributed by atoms with E-state index in [4.69, 9.17) is 0 Å². The van der Waals surface area contributed by atoms with Crippen molar-refractivity contribution < 1.29 is 4.79 Å². The first kappa shape index (κ1) is 13.8. The van der Waals surface area contributed by atoms with Crippen LogP contribution < -0.4 is 0 Å². The summed E-state index contributed by atoms with van der Waals surface area (Å²) in [5, 5.41) is 0. The average molecular weight is 284 g/mol. The monoisotopic (exact) mass is 284 g/mol. The van der Waals surface area contributed by atoms with Gasteiger partial charge in [0.15, 0.2) is 0 Å². The zero-order valence-corrected chi connectivity index (χ0v) is 12.5. The summed E-state index contributed by atoms with van der Waals surface area (Å²) in [6.45, 7) is 5.30. The smallest absolute Gasteiger partial charge is 0.246 e. The second kappa shape index (κ2) is 5.68. The fourth-order valence-corrected chi connectivity index (χ4v) is 2.80. The molecule has 2 aromatic heterocycles. The van der Waals surface area contributed by atoms with Crippen LogP contribution in [0.4, 0.5) is 0 Å². The van der Waals surface area contributed by atoms with Gasteiger partial charge >= 0.3 is 0 Å². The lowest BCUT2D eigenvalue weighted by Crippen LogP contribution is -2.33. The van der Waals surface area contributed by atoms with Crippen LogP contribution in [0.15, 0.2) is 30.7 Å². The third-order valence-electron chi connectivity index (χ3n) is 3.99. The molecule has 1 aliphatic rings. The van der Waals surface area contributed by atoms with Gasteiger partial charge in [-0.25, -0.2) is 9.97 Å². The summed E-state index contributed by atoms with van der Waals surface area (Å²) in [5.41, 5.74) is 2.07. The van der Waals surface area contributed by atoms with Crippen LogP contribution in [-0.4, -0.2) is 25.3 Å². The lowest BCUT2D eigenvalue weighted by molar-refractivity contribution is -0.135. The molecule has 0 saturated carbocycles. The summed E-state index contributed by atoms with van der Waals surface area (Å²) in [6, 6.07) is 3.77. The van der Waals surface area contributed by atoms with Crippen LogP contribution in [0.25, 0.3) is 0 Å². The lowest BCUT2D eigenvalue weighted by Gasteiger charge is -2.23. The van der Waals surface area contributed by atoms with Crippen molar-refractivity contribution in [3.05, 3.63) is 47.8 Å². The second-order valence-electron chi connectivity index (χ2n) is 5.36. The molecule has 5 nitrogen and oxygen atoms in total. The van der Waals surface area contributed by atoms with E-state index in [9.17, 15) is 4.79 Å². The van der Waals surface area contributed by atoms with Crippen LogP contribution in [0, 0.1) is 0 Å². The van der Waals surface area contributed by atoms with E-state index in [0.717, 1.165) is 29.9 Å². The van der Waals surface area contributed by atoms with Gasteiger partial charge in [0.05, 0.1) is 12.2 Å². The molecule has 0 fully saturated rings. The van der Waals surface area contributed by atoms with Crippen LogP contribution in [0.3, 0.4) is 0 Å². The molecular formula is C16H20N4O. The fraction of sp³-hybridized carbons (Fsp3) is 0.438. The molecule has 110 valence electrons. The number of hydrogen-bond donors (Lipinski definition) is 0. The molecule has 0 aromatic carbocycles. The Labute approximate surface area is 124 Å². The molecule has 0 spiro atoms. The van der Waals surface area contributed by atoms with E-state index in [1.165, 1.54) is 0 Å². The van der Waals surface area contributed by atoms with Gasteiger partial charge in [-0.05, 0) is 18.6 Å². The van der Waals surface area contributed by atoms with Crippen LogP contribution in [0.5, 0.6) is 0 Å². The summed E-state index contributed by atoms with van der Waals surface area (Å²) in [4.78, 5) is 23.5. The Morgan fingerprint density at radius 2 is 2.05 bits per heavy atom. The predicted molar refractivity (Wildman–Crippen MR) is 79.4 cm³/mol. The summed E-state index contributed by atoms with van der Waals surface area (Å²) in [7, 11) is 0. The van der Waals surface area contributed by atoms with Gasteiger partial charge in [-0.3, -0.25) is 4.79 Å². The Morgan fingerprint density at radius 3 is 2.71 bits per heavy atom. The minimum atomic E-state index is -0.132. The maximum Gasteiger partial charge on any atom is 0.246 e. The van der Waals surface area contributed by atoms with Gasteiger partial charge in [0.2, 0.25) is 5.91 Å². The zero-order chi connectivity index (χ0) is 14.8. The van der Waals surface area contributed by atoms with E-state index >= 15 is 0 Å². The van der Waals surface area contributed by atoms with Crippen molar-refractivity contribution in [1.29, 1.82) is 0 Å². The summed E-state index contributed by atoms with van der Waals surface area (Å²) in [5.74, 6) is 1.00. The van der Waals surface area contributed by atoms with Gasteiger partial charge in [0, 0.05) is 37.1 Å². The molecule has 0 saturated heterocycles. The zero-order valence-electron chi connectivity index (χ0n) is 12.5. The van der Waals surface area contributed by atoms with Crippen molar-refractivity contribution in [2.75, 3.05) is 0 Å². The number of hydrogen-bond acceptors (Lipinski definition) is 3. The molecule has 2 aromatic rings. The predicted octanol–water partition coefficient (Wildman–Crippen LogP) is 2.33. The van der Waals surface area contributed by atoms with Crippen molar-refractivity contribution in [1.82, 2.24) is 19.4 Å². The Balaban J connectivity index is 1.78. The molecule has 0 bridgehead atoms. The maximum absolute atomic E-state index is 12.8. The Hall–Kier alpha value is -2.17. The standard InChI is InChI=1S/C16H20N4O/c1-3-14(19-7-5-6-8-19)16(21)20-10-12-9-17-15(4-2)18-13(12)11-20/h5-9,14H,3-4,10-11H2,1-2H3/t14-/m0/s1. The molecule has 5 heteroatoms. The van der Waals surface area contributed by atoms with Crippen molar-refractivity contribution in [2.24, 2.45) is 0 Å². The van der Waals surface area contributed by atoms with Crippen LogP contribution in [-0.2, 0) is 24.3 Å². The van der Waals surface area contributed by atoms with Crippen molar-refractivity contribution >= 4 is 5.91 Å². The number of rotatable bonds is 4. The molecule has 3 rings (SSSR count). The van der Waals surface area contributed by atoms with E-state index in [2.05, 4.69) is 9.97 Å². The number of carbonyl (C=O) groups is 1. The number of carbonyl (C=O) groups excluding carboxylic acids is 1. The van der Waals surface area contributed by atoms with Crippen molar-refractivity contribution in [3.63, 3.8) is 0 Å². The van der Waals surface area contributed by atoms with Gasteiger partial charge in [0.25, 0.3) is 0 Å². The van der Waals surface area contributed by atoms with Crippen LogP contribution in [0.1, 0.15) is 43.4 Å². The first-order chi connectivity index (χ1) is 10.2. The molecule has 21 heavy (non-hydrogen) atoms. The quantitative estimate of drug-likeness (QED) is 0.866. The number of fused-ring (bicyclic) bond motifs is 1. The normalized spacial score (nSPS) is 15.0. The lowest BCUT2D eigenvalue weighted by atomic mass is 10.2. The van der Waals surface area contributed by atoms with E-state index < -0.39 is 0 Å². The highest BCUT2D eigenvalue weighted by Crippen LogP contribution is 2.25. The number of nitrogens with zero attached hydrogens (tertiary/aromatic N) is 4. The third kappa shape index (κ3) is 2.55. The Morgan fingerprint density at radius 1 is 1.29 bits per heavy atom. The molecule has 0 aliphatic carbocycles. The molecule has 1 aliphatic heterocycles. The Kier molecular flexibility index (Phi) is 3.73. The molecule has 0 N–H and O–H groups in total. The first-order valence-corrected chi connectivity index (χ1v) is 7.47. The van der Waals surface area contributed by atoms with Crippen molar-refractivity contribution in [2.45, 2.75) is 45.8 Å². The third-order valence-corrected chi connectivity index (χ3v) is 3.99. The first-order valence-electron chi connectivity index (χ1n) is 7.47. The summed E-state index contributed by atoms with van der Waals surface area (Å²) < 4.78 is 1.98. The van der Waals surface area contributed by atoms with Crippen LogP contribution in [0.2, 0.25) is 0 Å². The maximum atomic E-state index is 12.8. The minimum Gasteiger partial charge on any atom is -0.342 e. The second-order valence-corrected chi connectivity index (χ2v) is 5.36. The molecular weight excluding hydrogens is 264 g/mol. The van der Waals surface area contributed by atoms with E-state index in [-0.39, 0.29) is 11.9 Å². The molecule has 1 amide bonds. The molecule has 0 radical (unpaired) electrons. The topological polar surface area (TPSA) is 51.0 Å². The minimum absolute atomic E-state index is 0.132. The molecule has 3 heterocycles. The van der Waals surface area contributed by atoms with Gasteiger partial charge in [0.1, 0.15) is 11.9 Å². The summed E-state index contributed by atoms with van der Waals surface area (Å²) >= 11 is 0. The van der Waals surface area contributed by atoms with Gasteiger partial charge in [-0.15, -0.1) is 0 Å². The largest absolute Gasteiger partial charge is 0.342 e. The summed E-state index contributed by atoms with van der Waals surface area (Å²) in [6.07, 6.45) is 7.37. The van der Waals surface area contributed by atoms with E-state index in [0.29, 0.717) is 13.1 Å². The Bertz CT molecular complexity index is 636.